The van der Waals surface area contributed by atoms with E-state index in [-0.39, 0.29) is 0 Å². The van der Waals surface area contributed by atoms with Crippen molar-refractivity contribution in [2.45, 2.75) is 32.6 Å². The predicted octanol–water partition coefficient (Wildman–Crippen LogP) is 4.25. The lowest BCUT2D eigenvalue weighted by Gasteiger charge is -2.21. The molecule has 0 heterocycles. The van der Waals surface area contributed by atoms with Crippen molar-refractivity contribution >= 4 is 28.6 Å². The minimum atomic E-state index is 0.436. The number of nitrogens with two attached hydrogens (primary N) is 1. The van der Waals surface area contributed by atoms with Crippen molar-refractivity contribution in [2.75, 3.05) is 5.32 Å². The zero-order valence-electron chi connectivity index (χ0n) is 12.3. The number of fused-ring (bicyclic) bond motifs is 1. The molecule has 0 amide bonds. The molecule has 2 aromatic rings. The highest BCUT2D eigenvalue weighted by Crippen LogP contribution is 2.31. The van der Waals surface area contributed by atoms with Crippen molar-refractivity contribution in [1.82, 2.24) is 0 Å². The summed E-state index contributed by atoms with van der Waals surface area (Å²) in [6.45, 7) is 2.05. The van der Waals surface area contributed by atoms with E-state index in [4.69, 9.17) is 18.0 Å². The summed E-state index contributed by atoms with van der Waals surface area (Å²) < 4.78 is 0. The van der Waals surface area contributed by atoms with Crippen LogP contribution < -0.4 is 11.1 Å². The number of hydrogen-bond donors (Lipinski definition) is 2. The first kappa shape index (κ1) is 14.1. The van der Waals surface area contributed by atoms with Crippen LogP contribution >= 0.6 is 12.2 Å². The molecule has 1 aliphatic rings. The van der Waals surface area contributed by atoms with Crippen molar-refractivity contribution in [3.05, 3.63) is 58.7 Å². The quantitative estimate of drug-likeness (QED) is 0.832. The van der Waals surface area contributed by atoms with Gasteiger partial charge in [0.2, 0.25) is 0 Å². The molecule has 0 aromatic heterocycles. The molecule has 0 unspecified atom stereocenters. The largest absolute Gasteiger partial charge is 0.389 e. The fourth-order valence-electron chi connectivity index (χ4n) is 3.01. The fourth-order valence-corrected chi connectivity index (χ4v) is 3.18. The Hall–Kier alpha value is -1.87. The Morgan fingerprint density at radius 2 is 1.90 bits per heavy atom. The Morgan fingerprint density at radius 3 is 2.71 bits per heavy atom. The highest BCUT2D eigenvalue weighted by atomic mass is 32.1. The molecular weight excluding hydrogens is 276 g/mol. The van der Waals surface area contributed by atoms with E-state index in [1.165, 1.54) is 41.6 Å². The average molecular weight is 296 g/mol. The zero-order valence-corrected chi connectivity index (χ0v) is 13.1. The van der Waals surface area contributed by atoms with Gasteiger partial charge >= 0.3 is 0 Å². The Morgan fingerprint density at radius 1 is 1.10 bits per heavy atom. The van der Waals surface area contributed by atoms with Gasteiger partial charge in [-0.2, -0.15) is 0 Å². The molecule has 3 heteroatoms. The highest BCUT2D eigenvalue weighted by molar-refractivity contribution is 7.80. The van der Waals surface area contributed by atoms with Crippen LogP contribution in [0.1, 0.15) is 35.1 Å². The number of hydrogen-bond acceptors (Lipinski definition) is 2. The van der Waals surface area contributed by atoms with Crippen molar-refractivity contribution < 1.29 is 0 Å². The Balaban J connectivity index is 2.00. The number of benzene rings is 2. The first-order chi connectivity index (χ1) is 10.1. The van der Waals surface area contributed by atoms with E-state index < -0.39 is 0 Å². The molecule has 0 spiro atoms. The van der Waals surface area contributed by atoms with E-state index in [0.717, 1.165) is 17.7 Å². The first-order valence-corrected chi connectivity index (χ1v) is 7.84. The van der Waals surface area contributed by atoms with Gasteiger partial charge in [-0.1, -0.05) is 36.0 Å². The summed E-state index contributed by atoms with van der Waals surface area (Å²) in [7, 11) is 0. The van der Waals surface area contributed by atoms with Crippen LogP contribution in [0.15, 0.2) is 36.4 Å². The second-order valence-corrected chi connectivity index (χ2v) is 6.13. The molecule has 0 saturated heterocycles. The lowest BCUT2D eigenvalue weighted by atomic mass is 9.90. The van der Waals surface area contributed by atoms with Crippen molar-refractivity contribution in [3.8, 4) is 0 Å². The van der Waals surface area contributed by atoms with Crippen LogP contribution in [-0.4, -0.2) is 4.99 Å². The first-order valence-electron chi connectivity index (χ1n) is 7.43. The van der Waals surface area contributed by atoms with Crippen LogP contribution in [0.3, 0.4) is 0 Å². The number of anilines is 2. The Bertz CT molecular complexity index is 692. The molecule has 0 atom stereocenters. The molecule has 3 N–H and O–H groups in total. The van der Waals surface area contributed by atoms with Crippen LogP contribution in [0.4, 0.5) is 11.4 Å². The molecule has 3 rings (SSSR count). The van der Waals surface area contributed by atoms with E-state index in [0.29, 0.717) is 4.99 Å². The van der Waals surface area contributed by atoms with Gasteiger partial charge in [0.15, 0.2) is 0 Å². The molecule has 0 fully saturated rings. The summed E-state index contributed by atoms with van der Waals surface area (Å²) >= 11 is 5.18. The van der Waals surface area contributed by atoms with Crippen molar-refractivity contribution in [3.63, 3.8) is 0 Å². The van der Waals surface area contributed by atoms with E-state index in [2.05, 4.69) is 42.6 Å². The van der Waals surface area contributed by atoms with Gasteiger partial charge in [-0.25, -0.2) is 0 Å². The molecule has 1 aliphatic carbocycles. The van der Waals surface area contributed by atoms with E-state index in [9.17, 15) is 0 Å². The second-order valence-electron chi connectivity index (χ2n) is 5.69. The maximum absolute atomic E-state index is 5.87. The summed E-state index contributed by atoms with van der Waals surface area (Å²) in [6, 6.07) is 12.7. The minimum Gasteiger partial charge on any atom is -0.389 e. The molecule has 0 saturated carbocycles. The summed E-state index contributed by atoms with van der Waals surface area (Å²) in [5.74, 6) is 0. The molecule has 21 heavy (non-hydrogen) atoms. The SMILES string of the molecule is Cc1ccc(Nc2cccc3c2CCCC3)c(C(N)=S)c1. The second kappa shape index (κ2) is 5.86. The topological polar surface area (TPSA) is 38.0 Å². The fraction of sp³-hybridized carbons (Fsp3) is 0.278. The highest BCUT2D eigenvalue weighted by Gasteiger charge is 2.14. The van der Waals surface area contributed by atoms with Crippen LogP contribution in [0.5, 0.6) is 0 Å². The Labute approximate surface area is 131 Å². The van der Waals surface area contributed by atoms with Crippen LogP contribution in [0.25, 0.3) is 0 Å². The normalized spacial score (nSPS) is 13.6. The van der Waals surface area contributed by atoms with E-state index >= 15 is 0 Å². The van der Waals surface area contributed by atoms with Gasteiger partial charge in [0.25, 0.3) is 0 Å². The number of aryl methyl sites for hydroxylation is 2. The maximum atomic E-state index is 5.87. The molecule has 2 nitrogen and oxygen atoms in total. The smallest absolute Gasteiger partial charge is 0.106 e. The standard InChI is InChI=1S/C18H20N2S/c1-12-9-10-17(15(11-12)18(19)21)20-16-8-4-6-13-5-2-3-7-14(13)16/h4,6,8-11,20H,2-3,5,7H2,1H3,(H2,19,21). The number of rotatable bonds is 3. The zero-order chi connectivity index (χ0) is 14.8. The average Bonchev–Trinajstić information content (AvgIpc) is 2.49. The van der Waals surface area contributed by atoms with Gasteiger partial charge in [-0.15, -0.1) is 0 Å². The lowest BCUT2D eigenvalue weighted by Crippen LogP contribution is -2.13. The molecule has 0 bridgehead atoms. The van der Waals surface area contributed by atoms with Gasteiger partial charge in [0, 0.05) is 16.9 Å². The number of nitrogens with one attached hydrogen (secondary N) is 1. The molecule has 0 radical (unpaired) electrons. The van der Waals surface area contributed by atoms with Crippen molar-refractivity contribution in [2.24, 2.45) is 5.73 Å². The Kier molecular flexibility index (Phi) is 3.93. The predicted molar refractivity (Wildman–Crippen MR) is 93.4 cm³/mol. The van der Waals surface area contributed by atoms with Gasteiger partial charge in [-0.05, 0) is 61.9 Å². The van der Waals surface area contributed by atoms with Gasteiger partial charge in [0.05, 0.1) is 0 Å². The van der Waals surface area contributed by atoms with Gasteiger partial charge < -0.3 is 11.1 Å². The maximum Gasteiger partial charge on any atom is 0.106 e. The van der Waals surface area contributed by atoms with Crippen molar-refractivity contribution in [1.29, 1.82) is 0 Å². The third kappa shape index (κ3) is 2.93. The molecule has 108 valence electrons. The third-order valence-electron chi connectivity index (χ3n) is 4.11. The van der Waals surface area contributed by atoms with Gasteiger partial charge in [-0.3, -0.25) is 0 Å². The minimum absolute atomic E-state index is 0.436. The summed E-state index contributed by atoms with van der Waals surface area (Å²) in [5.41, 5.74) is 13.0. The van der Waals surface area contributed by atoms with Crippen LogP contribution in [0, 0.1) is 6.92 Å². The van der Waals surface area contributed by atoms with E-state index in [1.54, 1.807) is 0 Å². The van der Waals surface area contributed by atoms with Crippen LogP contribution in [-0.2, 0) is 12.8 Å². The summed E-state index contributed by atoms with van der Waals surface area (Å²) in [4.78, 5) is 0.436. The lowest BCUT2D eigenvalue weighted by molar-refractivity contribution is 0.687. The molecule has 2 aromatic carbocycles. The van der Waals surface area contributed by atoms with Gasteiger partial charge in [0.1, 0.15) is 4.99 Å². The third-order valence-corrected chi connectivity index (χ3v) is 4.33. The monoisotopic (exact) mass is 296 g/mol. The summed E-state index contributed by atoms with van der Waals surface area (Å²) in [5, 5.41) is 3.54. The summed E-state index contributed by atoms with van der Waals surface area (Å²) in [6.07, 6.45) is 4.88. The van der Waals surface area contributed by atoms with E-state index in [1.807, 2.05) is 6.07 Å². The molecular formula is C18H20N2S. The van der Waals surface area contributed by atoms with Crippen LogP contribution in [0.2, 0.25) is 0 Å². The number of thiocarbonyl (C=S) groups is 1. The molecule has 0 aliphatic heterocycles.